The van der Waals surface area contributed by atoms with Gasteiger partial charge < -0.3 is 15.0 Å². The predicted molar refractivity (Wildman–Crippen MR) is 75.8 cm³/mol. The van der Waals surface area contributed by atoms with Gasteiger partial charge in [0.2, 0.25) is 5.91 Å². The standard InChI is InChI=1S/C15H20N2O2/c1-17-10-15(8-3-4-9-15)14(18)16-13-11(17)6-5-7-12(13)19-2/h5-7H,3-4,8-10H2,1-2H3,(H,16,18). The average molecular weight is 260 g/mol. The molecular formula is C15H20N2O2. The van der Waals surface area contributed by atoms with E-state index in [4.69, 9.17) is 4.74 Å². The first-order valence-corrected chi connectivity index (χ1v) is 6.86. The maximum absolute atomic E-state index is 12.6. The summed E-state index contributed by atoms with van der Waals surface area (Å²) >= 11 is 0. The van der Waals surface area contributed by atoms with Crippen molar-refractivity contribution in [2.75, 3.05) is 30.9 Å². The fraction of sp³-hybridized carbons (Fsp3) is 0.533. The van der Waals surface area contributed by atoms with Crippen LogP contribution in [0.2, 0.25) is 0 Å². The second kappa shape index (κ2) is 4.44. The number of rotatable bonds is 1. The Morgan fingerprint density at radius 3 is 2.74 bits per heavy atom. The Kier molecular flexibility index (Phi) is 2.88. The molecule has 3 rings (SSSR count). The molecule has 1 spiro atoms. The van der Waals surface area contributed by atoms with Gasteiger partial charge in [0, 0.05) is 13.6 Å². The summed E-state index contributed by atoms with van der Waals surface area (Å²) < 4.78 is 5.37. The molecular weight excluding hydrogens is 240 g/mol. The lowest BCUT2D eigenvalue weighted by Crippen LogP contribution is -2.40. The van der Waals surface area contributed by atoms with Crippen LogP contribution in [-0.4, -0.2) is 26.6 Å². The third-order valence-electron chi connectivity index (χ3n) is 4.46. The van der Waals surface area contributed by atoms with Crippen LogP contribution in [0.4, 0.5) is 11.4 Å². The molecule has 0 aromatic heterocycles. The van der Waals surface area contributed by atoms with Crippen LogP contribution in [0.3, 0.4) is 0 Å². The molecule has 1 aromatic rings. The molecule has 1 amide bonds. The molecule has 1 heterocycles. The Bertz CT molecular complexity index is 507. The number of carbonyl (C=O) groups excluding carboxylic acids is 1. The van der Waals surface area contributed by atoms with Gasteiger partial charge in [-0.3, -0.25) is 4.79 Å². The summed E-state index contributed by atoms with van der Waals surface area (Å²) in [5, 5.41) is 3.10. The zero-order chi connectivity index (χ0) is 13.5. The monoisotopic (exact) mass is 260 g/mol. The molecule has 1 aliphatic carbocycles. The number of para-hydroxylation sites is 1. The van der Waals surface area contributed by atoms with Gasteiger partial charge in [0.25, 0.3) is 0 Å². The van der Waals surface area contributed by atoms with Crippen molar-refractivity contribution in [2.24, 2.45) is 5.41 Å². The third kappa shape index (κ3) is 1.86. The minimum atomic E-state index is -0.223. The lowest BCUT2D eigenvalue weighted by molar-refractivity contribution is -0.124. The normalized spacial score (nSPS) is 20.9. The van der Waals surface area contributed by atoms with E-state index in [1.807, 2.05) is 18.2 Å². The number of nitrogens with one attached hydrogen (secondary N) is 1. The fourth-order valence-corrected chi connectivity index (χ4v) is 3.43. The molecule has 1 aromatic carbocycles. The molecule has 0 bridgehead atoms. The van der Waals surface area contributed by atoms with Crippen molar-refractivity contribution in [2.45, 2.75) is 25.7 Å². The summed E-state index contributed by atoms with van der Waals surface area (Å²) in [4.78, 5) is 14.8. The number of carbonyl (C=O) groups is 1. The largest absolute Gasteiger partial charge is 0.494 e. The number of fused-ring (bicyclic) bond motifs is 1. The van der Waals surface area contributed by atoms with Crippen LogP contribution in [-0.2, 0) is 4.79 Å². The first kappa shape index (κ1) is 12.3. The summed E-state index contributed by atoms with van der Waals surface area (Å²) in [5.74, 6) is 0.882. The van der Waals surface area contributed by atoms with Crippen molar-refractivity contribution < 1.29 is 9.53 Å². The summed E-state index contributed by atoms with van der Waals surface area (Å²) in [6, 6.07) is 5.89. The van der Waals surface area contributed by atoms with E-state index in [1.165, 1.54) is 0 Å². The van der Waals surface area contributed by atoms with E-state index in [2.05, 4.69) is 17.3 Å². The van der Waals surface area contributed by atoms with Crippen molar-refractivity contribution in [3.05, 3.63) is 18.2 Å². The molecule has 1 N–H and O–H groups in total. The van der Waals surface area contributed by atoms with Crippen LogP contribution in [0.1, 0.15) is 25.7 Å². The molecule has 102 valence electrons. The molecule has 1 fully saturated rings. The number of methoxy groups -OCH3 is 1. The van der Waals surface area contributed by atoms with Crippen LogP contribution in [0.15, 0.2) is 18.2 Å². The minimum absolute atomic E-state index is 0.153. The lowest BCUT2D eigenvalue weighted by Gasteiger charge is -2.29. The molecule has 0 radical (unpaired) electrons. The van der Waals surface area contributed by atoms with Gasteiger partial charge in [0.05, 0.1) is 18.2 Å². The van der Waals surface area contributed by atoms with E-state index in [0.29, 0.717) is 0 Å². The van der Waals surface area contributed by atoms with E-state index >= 15 is 0 Å². The zero-order valence-corrected chi connectivity index (χ0v) is 11.5. The van der Waals surface area contributed by atoms with Gasteiger partial charge in [0.1, 0.15) is 11.4 Å². The van der Waals surface area contributed by atoms with Crippen LogP contribution >= 0.6 is 0 Å². The smallest absolute Gasteiger partial charge is 0.232 e. The molecule has 0 unspecified atom stereocenters. The van der Waals surface area contributed by atoms with E-state index in [9.17, 15) is 4.79 Å². The highest BCUT2D eigenvalue weighted by molar-refractivity contribution is 6.02. The van der Waals surface area contributed by atoms with Crippen molar-refractivity contribution in [1.29, 1.82) is 0 Å². The highest BCUT2D eigenvalue weighted by atomic mass is 16.5. The molecule has 4 heteroatoms. The third-order valence-corrected chi connectivity index (χ3v) is 4.46. The molecule has 2 aliphatic rings. The van der Waals surface area contributed by atoms with Gasteiger partial charge in [-0.15, -0.1) is 0 Å². The quantitative estimate of drug-likeness (QED) is 0.844. The molecule has 0 saturated heterocycles. The van der Waals surface area contributed by atoms with E-state index < -0.39 is 0 Å². The first-order valence-electron chi connectivity index (χ1n) is 6.86. The number of hydrogen-bond donors (Lipinski definition) is 1. The second-order valence-corrected chi connectivity index (χ2v) is 5.65. The van der Waals surface area contributed by atoms with Crippen LogP contribution in [0, 0.1) is 5.41 Å². The van der Waals surface area contributed by atoms with Crippen molar-refractivity contribution in [1.82, 2.24) is 0 Å². The van der Waals surface area contributed by atoms with E-state index in [1.54, 1.807) is 7.11 Å². The maximum Gasteiger partial charge on any atom is 0.232 e. The molecule has 1 aliphatic heterocycles. The number of benzene rings is 1. The first-order chi connectivity index (χ1) is 9.16. The van der Waals surface area contributed by atoms with Crippen molar-refractivity contribution in [3.63, 3.8) is 0 Å². The van der Waals surface area contributed by atoms with Crippen LogP contribution in [0.5, 0.6) is 5.75 Å². The number of nitrogens with zero attached hydrogens (tertiary/aromatic N) is 1. The SMILES string of the molecule is COc1cccc2c1NC(=O)C1(CCCC1)CN2C. The Balaban J connectivity index is 2.05. The Hall–Kier alpha value is -1.71. The highest BCUT2D eigenvalue weighted by Crippen LogP contribution is 2.45. The number of anilines is 2. The summed E-state index contributed by atoms with van der Waals surface area (Å²) in [5.41, 5.74) is 1.62. The van der Waals surface area contributed by atoms with Gasteiger partial charge in [0.15, 0.2) is 0 Å². The van der Waals surface area contributed by atoms with E-state index in [0.717, 1.165) is 49.4 Å². The Morgan fingerprint density at radius 1 is 1.32 bits per heavy atom. The van der Waals surface area contributed by atoms with Crippen LogP contribution < -0.4 is 15.0 Å². The van der Waals surface area contributed by atoms with Crippen molar-refractivity contribution in [3.8, 4) is 5.75 Å². The average Bonchev–Trinajstić information content (AvgIpc) is 2.84. The number of hydrogen-bond acceptors (Lipinski definition) is 3. The minimum Gasteiger partial charge on any atom is -0.494 e. The van der Waals surface area contributed by atoms with Gasteiger partial charge in [-0.2, -0.15) is 0 Å². The lowest BCUT2D eigenvalue weighted by atomic mass is 9.85. The Labute approximate surface area is 113 Å². The number of ether oxygens (including phenoxy) is 1. The predicted octanol–water partition coefficient (Wildman–Crippen LogP) is 2.64. The van der Waals surface area contributed by atoms with Crippen molar-refractivity contribution >= 4 is 17.3 Å². The highest BCUT2D eigenvalue weighted by Gasteiger charge is 2.44. The Morgan fingerprint density at radius 2 is 2.05 bits per heavy atom. The maximum atomic E-state index is 12.6. The van der Waals surface area contributed by atoms with Gasteiger partial charge in [-0.25, -0.2) is 0 Å². The topological polar surface area (TPSA) is 41.6 Å². The second-order valence-electron chi connectivity index (χ2n) is 5.65. The summed E-state index contributed by atoms with van der Waals surface area (Å²) in [6.07, 6.45) is 4.27. The molecule has 1 saturated carbocycles. The zero-order valence-electron chi connectivity index (χ0n) is 11.5. The van der Waals surface area contributed by atoms with Crippen LogP contribution in [0.25, 0.3) is 0 Å². The van der Waals surface area contributed by atoms with Gasteiger partial charge >= 0.3 is 0 Å². The van der Waals surface area contributed by atoms with Gasteiger partial charge in [-0.1, -0.05) is 18.9 Å². The fourth-order valence-electron chi connectivity index (χ4n) is 3.43. The molecule has 0 atom stereocenters. The summed E-state index contributed by atoms with van der Waals surface area (Å²) in [7, 11) is 3.69. The number of amides is 1. The summed E-state index contributed by atoms with van der Waals surface area (Å²) in [6.45, 7) is 0.791. The molecule has 4 nitrogen and oxygen atoms in total. The van der Waals surface area contributed by atoms with Gasteiger partial charge in [-0.05, 0) is 25.0 Å². The van der Waals surface area contributed by atoms with E-state index in [-0.39, 0.29) is 11.3 Å². The molecule has 19 heavy (non-hydrogen) atoms.